The molecule has 0 atom stereocenters. The third kappa shape index (κ3) is 4.16. The number of methoxy groups -OCH3 is 1. The van der Waals surface area contributed by atoms with Crippen LogP contribution >= 0.6 is 0 Å². The van der Waals surface area contributed by atoms with Gasteiger partial charge in [0.05, 0.1) is 29.7 Å². The molecule has 4 aromatic rings. The Hall–Kier alpha value is -3.81. The van der Waals surface area contributed by atoms with Gasteiger partial charge in [-0.3, -0.25) is 4.79 Å². The maximum absolute atomic E-state index is 12.3. The van der Waals surface area contributed by atoms with Crippen molar-refractivity contribution in [3.05, 3.63) is 54.5 Å². The van der Waals surface area contributed by atoms with E-state index >= 15 is 0 Å². The van der Waals surface area contributed by atoms with E-state index in [2.05, 4.69) is 20.4 Å². The minimum Gasteiger partial charge on any atom is -0.493 e. The van der Waals surface area contributed by atoms with Crippen LogP contribution in [0.1, 0.15) is 32.4 Å². The Labute approximate surface area is 186 Å². The number of hydrogen-bond donors (Lipinski definition) is 1. The van der Waals surface area contributed by atoms with E-state index in [1.54, 1.807) is 13.2 Å². The first-order valence-corrected chi connectivity index (χ1v) is 10.8. The molecule has 1 N–H and O–H groups in total. The van der Waals surface area contributed by atoms with Gasteiger partial charge in [-0.25, -0.2) is 19.6 Å². The van der Waals surface area contributed by atoms with E-state index in [4.69, 9.17) is 9.72 Å². The second-order valence-electron chi connectivity index (χ2n) is 7.31. The number of nitrogens with zero attached hydrogens (tertiary/aromatic N) is 5. The quantitative estimate of drug-likeness (QED) is 0.498. The molecule has 1 fully saturated rings. The number of anilines is 1. The molecule has 3 aromatic heterocycles. The molecule has 0 unspecified atom stereocenters. The van der Waals surface area contributed by atoms with Gasteiger partial charge >= 0.3 is 0 Å². The molecule has 1 amide bonds. The SMILES string of the molecule is CC.COc1cc2ncnc(-c3cc(C)nn3-c3ccccc3)c2nc1NC(=O)C1CC1. The number of fused-ring (bicyclic) bond motifs is 1. The standard InChI is InChI=1S/C22H20N6O2.C2H6/c1-13-10-17(28(27-13)15-6-4-3-5-7-15)20-19-16(23-12-24-20)11-18(30-2)21(25-19)26-22(29)14-8-9-14;1-2/h3-7,10-12,14H,8-9H2,1-2H3,(H,25,26,29);1-2H3. The molecule has 164 valence electrons. The Kier molecular flexibility index (Phi) is 6.11. The maximum atomic E-state index is 12.3. The third-order valence-corrected chi connectivity index (χ3v) is 5.06. The summed E-state index contributed by atoms with van der Waals surface area (Å²) in [5.74, 6) is 0.860. The highest BCUT2D eigenvalue weighted by Crippen LogP contribution is 2.34. The van der Waals surface area contributed by atoms with Crippen LogP contribution in [0.4, 0.5) is 5.82 Å². The van der Waals surface area contributed by atoms with Crippen LogP contribution in [-0.2, 0) is 4.79 Å². The molecule has 0 aliphatic heterocycles. The molecule has 0 saturated heterocycles. The lowest BCUT2D eigenvalue weighted by molar-refractivity contribution is -0.117. The normalized spacial score (nSPS) is 12.8. The molecule has 1 saturated carbocycles. The number of carbonyl (C=O) groups is 1. The van der Waals surface area contributed by atoms with Crippen LogP contribution in [-0.4, -0.2) is 37.7 Å². The van der Waals surface area contributed by atoms with Crippen LogP contribution < -0.4 is 10.1 Å². The topological polar surface area (TPSA) is 94.8 Å². The van der Waals surface area contributed by atoms with Crippen molar-refractivity contribution in [2.75, 3.05) is 12.4 Å². The van der Waals surface area contributed by atoms with Crippen molar-refractivity contribution in [2.45, 2.75) is 33.6 Å². The summed E-state index contributed by atoms with van der Waals surface area (Å²) in [5.41, 5.74) is 4.40. The number of carbonyl (C=O) groups excluding carboxylic acids is 1. The number of hydrogen-bond acceptors (Lipinski definition) is 6. The van der Waals surface area contributed by atoms with E-state index in [9.17, 15) is 4.79 Å². The number of pyridine rings is 1. The van der Waals surface area contributed by atoms with Crippen LogP contribution in [0.5, 0.6) is 5.75 Å². The van der Waals surface area contributed by atoms with Crippen molar-refractivity contribution in [3.8, 4) is 22.8 Å². The molecule has 5 rings (SSSR count). The van der Waals surface area contributed by atoms with Crippen molar-refractivity contribution in [2.24, 2.45) is 5.92 Å². The van der Waals surface area contributed by atoms with E-state index < -0.39 is 0 Å². The summed E-state index contributed by atoms with van der Waals surface area (Å²) < 4.78 is 7.28. The van der Waals surface area contributed by atoms with Crippen molar-refractivity contribution in [1.82, 2.24) is 24.7 Å². The third-order valence-electron chi connectivity index (χ3n) is 5.06. The second kappa shape index (κ2) is 9.13. The molecule has 8 nitrogen and oxygen atoms in total. The lowest BCUT2D eigenvalue weighted by Crippen LogP contribution is -2.15. The summed E-state index contributed by atoms with van der Waals surface area (Å²) in [6.07, 6.45) is 3.32. The van der Waals surface area contributed by atoms with Gasteiger partial charge in [-0.1, -0.05) is 32.0 Å². The van der Waals surface area contributed by atoms with Gasteiger partial charge in [0.1, 0.15) is 17.5 Å². The first-order chi connectivity index (χ1) is 15.6. The molecular formula is C24H26N6O2. The number of benzene rings is 1. The molecule has 32 heavy (non-hydrogen) atoms. The van der Waals surface area contributed by atoms with Crippen molar-refractivity contribution in [3.63, 3.8) is 0 Å². The van der Waals surface area contributed by atoms with Crippen LogP contribution in [0.15, 0.2) is 48.8 Å². The van der Waals surface area contributed by atoms with Gasteiger partial charge in [0.15, 0.2) is 11.6 Å². The lowest BCUT2D eigenvalue weighted by atomic mass is 10.2. The number of ether oxygens (including phenoxy) is 1. The maximum Gasteiger partial charge on any atom is 0.228 e. The van der Waals surface area contributed by atoms with Gasteiger partial charge in [-0.05, 0) is 38.0 Å². The second-order valence-corrected chi connectivity index (χ2v) is 7.31. The number of amides is 1. The first kappa shape index (κ1) is 21.4. The fourth-order valence-corrected chi connectivity index (χ4v) is 3.40. The van der Waals surface area contributed by atoms with Crippen LogP contribution in [0, 0.1) is 12.8 Å². The van der Waals surface area contributed by atoms with Crippen molar-refractivity contribution in [1.29, 1.82) is 0 Å². The summed E-state index contributed by atoms with van der Waals surface area (Å²) in [5, 5.41) is 7.53. The van der Waals surface area contributed by atoms with Gasteiger partial charge in [-0.15, -0.1) is 0 Å². The average molecular weight is 431 g/mol. The molecule has 0 bridgehead atoms. The highest BCUT2D eigenvalue weighted by Gasteiger charge is 2.30. The van der Waals surface area contributed by atoms with E-state index in [0.717, 1.165) is 29.9 Å². The van der Waals surface area contributed by atoms with Crippen LogP contribution in [0.25, 0.3) is 28.1 Å². The van der Waals surface area contributed by atoms with Crippen molar-refractivity contribution < 1.29 is 9.53 Å². The zero-order valence-electron chi connectivity index (χ0n) is 18.7. The zero-order chi connectivity index (χ0) is 22.7. The Morgan fingerprint density at radius 3 is 2.56 bits per heavy atom. The lowest BCUT2D eigenvalue weighted by Gasteiger charge is -2.12. The predicted octanol–water partition coefficient (Wildman–Crippen LogP) is 4.57. The molecule has 1 aliphatic rings. The summed E-state index contributed by atoms with van der Waals surface area (Å²) >= 11 is 0. The van der Waals surface area contributed by atoms with Gasteiger partial charge in [0, 0.05) is 12.0 Å². The largest absolute Gasteiger partial charge is 0.493 e. The Bertz CT molecular complexity index is 1250. The molecule has 0 radical (unpaired) electrons. The minimum atomic E-state index is -0.0382. The van der Waals surface area contributed by atoms with E-state index in [0.29, 0.717) is 28.3 Å². The molecular weight excluding hydrogens is 404 g/mol. The summed E-state index contributed by atoms with van der Waals surface area (Å²) in [4.78, 5) is 25.9. The number of rotatable bonds is 5. The number of para-hydroxylation sites is 1. The summed E-state index contributed by atoms with van der Waals surface area (Å²) in [6.45, 7) is 5.93. The fraction of sp³-hybridized carbons (Fsp3) is 0.292. The Morgan fingerprint density at radius 1 is 1.12 bits per heavy atom. The van der Waals surface area contributed by atoms with Crippen LogP contribution in [0.3, 0.4) is 0 Å². The van der Waals surface area contributed by atoms with Gasteiger partial charge < -0.3 is 10.1 Å². The molecule has 1 aromatic carbocycles. The molecule has 1 aliphatic carbocycles. The Morgan fingerprint density at radius 2 is 1.88 bits per heavy atom. The smallest absolute Gasteiger partial charge is 0.228 e. The molecule has 0 spiro atoms. The predicted molar refractivity (Wildman–Crippen MR) is 124 cm³/mol. The van der Waals surface area contributed by atoms with Gasteiger partial charge in [-0.2, -0.15) is 5.10 Å². The summed E-state index contributed by atoms with van der Waals surface area (Å²) in [7, 11) is 1.55. The van der Waals surface area contributed by atoms with E-state index in [1.807, 2.05) is 61.9 Å². The van der Waals surface area contributed by atoms with E-state index in [1.165, 1.54) is 6.33 Å². The minimum absolute atomic E-state index is 0.0382. The fourth-order valence-electron chi connectivity index (χ4n) is 3.40. The van der Waals surface area contributed by atoms with Crippen LogP contribution in [0.2, 0.25) is 0 Å². The highest BCUT2D eigenvalue weighted by molar-refractivity contribution is 5.97. The van der Waals surface area contributed by atoms with Gasteiger partial charge in [0.25, 0.3) is 0 Å². The van der Waals surface area contributed by atoms with Gasteiger partial charge in [0.2, 0.25) is 5.91 Å². The number of aromatic nitrogens is 5. The average Bonchev–Trinajstić information content (AvgIpc) is 3.62. The number of nitrogens with one attached hydrogen (secondary N) is 1. The monoisotopic (exact) mass is 430 g/mol. The molecule has 3 heterocycles. The zero-order valence-corrected chi connectivity index (χ0v) is 18.7. The molecule has 8 heteroatoms. The van der Waals surface area contributed by atoms with E-state index in [-0.39, 0.29) is 11.8 Å². The first-order valence-electron chi connectivity index (χ1n) is 10.8. The number of aryl methyl sites for hydroxylation is 1. The Balaban J connectivity index is 0.00000119. The summed E-state index contributed by atoms with van der Waals surface area (Å²) in [6, 6.07) is 13.6. The van der Waals surface area contributed by atoms with Crippen molar-refractivity contribution >= 4 is 22.8 Å². The highest BCUT2D eigenvalue weighted by atomic mass is 16.5.